The Hall–Kier alpha value is -2.98. The number of carbonyl (C=O) groups excluding carboxylic acids is 1. The molecule has 6 nitrogen and oxygen atoms in total. The van der Waals surface area contributed by atoms with E-state index in [0.717, 1.165) is 61.1 Å². The summed E-state index contributed by atoms with van der Waals surface area (Å²) < 4.78 is 41.3. The summed E-state index contributed by atoms with van der Waals surface area (Å²) in [7, 11) is 1.83. The second-order valence-electron chi connectivity index (χ2n) is 9.16. The molecule has 0 atom stereocenters. The maximum Gasteiger partial charge on any atom is 0.416 e. The first-order valence-electron chi connectivity index (χ1n) is 11.6. The summed E-state index contributed by atoms with van der Waals surface area (Å²) in [6.07, 6.45) is 0.243. The maximum atomic E-state index is 13.0. The second-order valence-corrected chi connectivity index (χ2v) is 10.2. The second kappa shape index (κ2) is 9.23. The van der Waals surface area contributed by atoms with Crippen LogP contribution in [0, 0.1) is 5.92 Å². The van der Waals surface area contributed by atoms with Crippen molar-refractivity contribution in [2.45, 2.75) is 50.8 Å². The third-order valence-corrected chi connectivity index (χ3v) is 7.67. The quantitative estimate of drug-likeness (QED) is 0.296. The fourth-order valence-corrected chi connectivity index (χ4v) is 5.55. The highest BCUT2D eigenvalue weighted by molar-refractivity contribution is 7.22. The number of benzene rings is 2. The van der Waals surface area contributed by atoms with Gasteiger partial charge >= 0.3 is 6.18 Å². The number of aliphatic hydroxyl groups excluding tert-OH is 1. The normalized spacial score (nSPS) is 18.9. The van der Waals surface area contributed by atoms with Gasteiger partial charge in [-0.05, 0) is 74.4 Å². The Bertz CT molecular complexity index is 1390. The predicted molar refractivity (Wildman–Crippen MR) is 130 cm³/mol. The molecule has 0 unspecified atom stereocenters. The average molecular weight is 503 g/mol. The monoisotopic (exact) mass is 502 g/mol. The van der Waals surface area contributed by atoms with Gasteiger partial charge in [-0.1, -0.05) is 11.3 Å². The highest BCUT2D eigenvalue weighted by atomic mass is 32.1. The molecule has 0 spiro atoms. The number of aliphatic hydroxyl groups is 1. The first-order valence-corrected chi connectivity index (χ1v) is 12.4. The molecule has 0 saturated heterocycles. The van der Waals surface area contributed by atoms with Crippen LogP contribution in [0.4, 0.5) is 24.3 Å². The van der Waals surface area contributed by atoms with Crippen LogP contribution in [0.25, 0.3) is 21.3 Å². The van der Waals surface area contributed by atoms with Crippen LogP contribution in [0.15, 0.2) is 36.4 Å². The summed E-state index contributed by atoms with van der Waals surface area (Å²) in [5.74, 6) is 1.04. The number of aromatic nitrogens is 3. The van der Waals surface area contributed by atoms with Gasteiger partial charge < -0.3 is 15.0 Å². The van der Waals surface area contributed by atoms with Crippen LogP contribution in [-0.4, -0.2) is 31.5 Å². The molecule has 184 valence electrons. The number of nitrogens with one attached hydrogen (secondary N) is 1. The number of alkyl halides is 3. The van der Waals surface area contributed by atoms with E-state index in [9.17, 15) is 23.1 Å². The first kappa shape index (κ1) is 23.7. The fraction of sp³-hybridized carbons (Fsp3) is 0.400. The van der Waals surface area contributed by atoms with Crippen molar-refractivity contribution < 1.29 is 23.1 Å². The van der Waals surface area contributed by atoms with E-state index in [0.29, 0.717) is 44.7 Å². The summed E-state index contributed by atoms with van der Waals surface area (Å²) in [6, 6.07) is 8.92. The average Bonchev–Trinajstić information content (AvgIpc) is 3.37. The Kier molecular flexibility index (Phi) is 6.27. The minimum Gasteiger partial charge on any atom is -0.393 e. The number of rotatable bonds is 6. The van der Waals surface area contributed by atoms with Crippen molar-refractivity contribution in [1.82, 2.24) is 14.5 Å². The molecule has 2 N–H and O–H groups in total. The molecular formula is C25H25F3N4O2S. The van der Waals surface area contributed by atoms with Crippen molar-refractivity contribution in [2.24, 2.45) is 13.0 Å². The SMILES string of the molecule is Cn1c(Nc2nc3ccc(C(F)(F)F)cc3s2)nc2cc(C(=O)CCC3CCC(O)CC3)ccc21. The molecule has 1 aliphatic rings. The summed E-state index contributed by atoms with van der Waals surface area (Å²) in [5, 5.41) is 13.2. The van der Waals surface area contributed by atoms with Crippen molar-refractivity contribution in [3.05, 3.63) is 47.5 Å². The number of carbonyl (C=O) groups is 1. The third kappa shape index (κ3) is 5.04. The number of halogens is 3. The Morgan fingerprint density at radius 3 is 2.63 bits per heavy atom. The lowest BCUT2D eigenvalue weighted by atomic mass is 9.84. The Morgan fingerprint density at radius 2 is 1.89 bits per heavy atom. The van der Waals surface area contributed by atoms with Crippen LogP contribution < -0.4 is 5.32 Å². The number of aryl methyl sites for hydroxylation is 1. The van der Waals surface area contributed by atoms with E-state index in [1.807, 2.05) is 17.7 Å². The van der Waals surface area contributed by atoms with Crippen LogP contribution >= 0.6 is 11.3 Å². The Labute approximate surface area is 203 Å². The fourth-order valence-electron chi connectivity index (χ4n) is 4.65. The molecule has 0 amide bonds. The largest absolute Gasteiger partial charge is 0.416 e. The van der Waals surface area contributed by atoms with Gasteiger partial charge in [0.1, 0.15) is 0 Å². The van der Waals surface area contributed by atoms with Gasteiger partial charge in [0, 0.05) is 19.0 Å². The maximum absolute atomic E-state index is 13.0. The number of ketones is 1. The van der Waals surface area contributed by atoms with Crippen LogP contribution in [-0.2, 0) is 13.2 Å². The summed E-state index contributed by atoms with van der Waals surface area (Å²) in [6.45, 7) is 0. The van der Waals surface area contributed by atoms with Crippen LogP contribution in [0.5, 0.6) is 0 Å². The molecule has 10 heteroatoms. The van der Waals surface area contributed by atoms with Crippen LogP contribution in [0.3, 0.4) is 0 Å². The predicted octanol–water partition coefficient (Wildman–Crippen LogP) is 6.46. The van der Waals surface area contributed by atoms with Gasteiger partial charge in [-0.25, -0.2) is 9.97 Å². The van der Waals surface area contributed by atoms with Crippen molar-refractivity contribution in [3.8, 4) is 0 Å². The number of anilines is 2. The van der Waals surface area contributed by atoms with E-state index in [-0.39, 0.29) is 11.9 Å². The molecule has 35 heavy (non-hydrogen) atoms. The first-order chi connectivity index (χ1) is 16.7. The lowest BCUT2D eigenvalue weighted by molar-refractivity contribution is -0.137. The molecule has 2 aromatic heterocycles. The summed E-state index contributed by atoms with van der Waals surface area (Å²) in [5.41, 5.74) is 1.86. The van der Waals surface area contributed by atoms with E-state index in [2.05, 4.69) is 15.3 Å². The molecule has 2 heterocycles. The Balaban J connectivity index is 1.31. The van der Waals surface area contributed by atoms with Crippen LogP contribution in [0.1, 0.15) is 54.4 Å². The molecule has 1 saturated carbocycles. The number of thiazole rings is 1. The van der Waals surface area contributed by atoms with E-state index in [4.69, 9.17) is 0 Å². The molecule has 0 bridgehead atoms. The van der Waals surface area contributed by atoms with Gasteiger partial charge in [0.25, 0.3) is 0 Å². The minimum absolute atomic E-state index is 0.0739. The molecule has 1 fully saturated rings. The number of hydrogen-bond donors (Lipinski definition) is 2. The van der Waals surface area contributed by atoms with Crippen molar-refractivity contribution in [3.63, 3.8) is 0 Å². The van der Waals surface area contributed by atoms with Gasteiger partial charge in [-0.15, -0.1) is 0 Å². The summed E-state index contributed by atoms with van der Waals surface area (Å²) in [4.78, 5) is 21.8. The molecule has 4 aromatic rings. The van der Waals surface area contributed by atoms with Gasteiger partial charge in [0.2, 0.25) is 5.95 Å². The number of imidazole rings is 1. The van der Waals surface area contributed by atoms with Gasteiger partial charge in [-0.3, -0.25) is 4.79 Å². The molecular weight excluding hydrogens is 477 g/mol. The van der Waals surface area contributed by atoms with Crippen molar-refractivity contribution in [2.75, 3.05) is 5.32 Å². The van der Waals surface area contributed by atoms with Crippen molar-refractivity contribution >= 4 is 49.4 Å². The third-order valence-electron chi connectivity index (χ3n) is 6.73. The number of Topliss-reactive ketones (excluding diaryl/α,β-unsaturated/α-hetero) is 1. The zero-order valence-corrected chi connectivity index (χ0v) is 19.9. The lowest BCUT2D eigenvalue weighted by Crippen LogP contribution is -2.18. The number of nitrogens with zero attached hydrogens (tertiary/aromatic N) is 3. The smallest absolute Gasteiger partial charge is 0.393 e. The molecule has 0 aliphatic heterocycles. The molecule has 1 aliphatic carbocycles. The van der Waals surface area contributed by atoms with E-state index < -0.39 is 11.7 Å². The van der Waals surface area contributed by atoms with Crippen molar-refractivity contribution in [1.29, 1.82) is 0 Å². The van der Waals surface area contributed by atoms with Crippen LogP contribution in [0.2, 0.25) is 0 Å². The van der Waals surface area contributed by atoms with E-state index >= 15 is 0 Å². The molecule has 0 radical (unpaired) electrons. The standard InChI is InChI=1S/C25H25F3N4O2S/c1-32-20-10-5-15(21(34)11-4-14-2-7-17(33)8-3-14)12-19(20)29-23(32)31-24-30-18-9-6-16(25(26,27)28)13-22(18)35-24/h5-6,9-10,12-14,17,33H,2-4,7-8,11H2,1H3,(H,29,30,31). The molecule has 5 rings (SSSR count). The molecule has 2 aromatic carbocycles. The number of hydrogen-bond acceptors (Lipinski definition) is 6. The Morgan fingerprint density at radius 1 is 1.11 bits per heavy atom. The highest BCUT2D eigenvalue weighted by Gasteiger charge is 2.30. The topological polar surface area (TPSA) is 80.0 Å². The minimum atomic E-state index is -4.41. The zero-order valence-electron chi connectivity index (χ0n) is 19.1. The highest BCUT2D eigenvalue weighted by Crippen LogP contribution is 2.35. The van der Waals surface area contributed by atoms with Gasteiger partial charge in [-0.2, -0.15) is 13.2 Å². The lowest BCUT2D eigenvalue weighted by Gasteiger charge is -2.24. The van der Waals surface area contributed by atoms with E-state index in [1.54, 1.807) is 12.1 Å². The zero-order chi connectivity index (χ0) is 24.7. The summed E-state index contributed by atoms with van der Waals surface area (Å²) >= 11 is 1.12. The van der Waals surface area contributed by atoms with Gasteiger partial charge in [0.15, 0.2) is 10.9 Å². The van der Waals surface area contributed by atoms with E-state index in [1.165, 1.54) is 6.07 Å². The number of fused-ring (bicyclic) bond motifs is 2. The van der Waals surface area contributed by atoms with Gasteiger partial charge in [0.05, 0.1) is 32.9 Å².